The summed E-state index contributed by atoms with van der Waals surface area (Å²) in [7, 11) is 0. The Morgan fingerprint density at radius 2 is 1.89 bits per heavy atom. The van der Waals surface area contributed by atoms with Crippen LogP contribution in [0.3, 0.4) is 0 Å². The van der Waals surface area contributed by atoms with E-state index in [1.54, 1.807) is 42.2 Å². The minimum atomic E-state index is -0.675. The second kappa shape index (κ2) is 10.9. The summed E-state index contributed by atoms with van der Waals surface area (Å²) in [5.41, 5.74) is 2.46. The van der Waals surface area contributed by atoms with Gasteiger partial charge in [-0.05, 0) is 36.8 Å². The number of amides is 3. The molecule has 2 aliphatic rings. The number of carbonyl (C=O) groups excluding carboxylic acids is 3. The fraction of sp³-hybridized carbons (Fsp3) is 0.292. The summed E-state index contributed by atoms with van der Waals surface area (Å²) in [6.45, 7) is 3.06. The van der Waals surface area contributed by atoms with E-state index in [9.17, 15) is 24.5 Å². The Balaban J connectivity index is 1.63. The van der Waals surface area contributed by atoms with Gasteiger partial charge in [0.05, 0.1) is 30.4 Å². The summed E-state index contributed by atoms with van der Waals surface area (Å²) in [6.07, 6.45) is 1.25. The number of benzene rings is 2. The molecular weight excluding hydrogens is 472 g/mol. The number of nitro benzene ring substituents is 1. The molecule has 0 aliphatic carbocycles. The van der Waals surface area contributed by atoms with Gasteiger partial charge < -0.3 is 19.1 Å². The molecule has 2 saturated heterocycles. The van der Waals surface area contributed by atoms with Gasteiger partial charge in [0.2, 0.25) is 5.75 Å². The number of rotatable bonds is 8. The highest BCUT2D eigenvalue weighted by Gasteiger charge is 2.35. The molecule has 0 spiro atoms. The third kappa shape index (κ3) is 5.28. The Hall–Kier alpha value is -4.45. The first-order valence-electron chi connectivity index (χ1n) is 11.2. The molecule has 2 heterocycles. The smallest absolute Gasteiger partial charge is 0.315 e. The first-order valence-corrected chi connectivity index (χ1v) is 11.2. The van der Waals surface area contributed by atoms with Gasteiger partial charge in [-0.15, -0.1) is 0 Å². The van der Waals surface area contributed by atoms with E-state index >= 15 is 0 Å². The number of nitro groups is 1. The Labute approximate surface area is 206 Å². The maximum Gasteiger partial charge on any atom is 0.315 e. The Bertz CT molecular complexity index is 1210. The fourth-order valence-electron chi connectivity index (χ4n) is 3.76. The SMILES string of the molecule is CCOc1cc(/C=C2/C(=O)NN(c3ccccc3)C2=O)cc([N+](=O)[O-])c1OCC(=O)N1CCOCC1. The summed E-state index contributed by atoms with van der Waals surface area (Å²) in [4.78, 5) is 50.6. The Morgan fingerprint density at radius 1 is 1.17 bits per heavy atom. The molecule has 0 unspecified atom stereocenters. The van der Waals surface area contributed by atoms with Crippen LogP contribution in [0.1, 0.15) is 12.5 Å². The summed E-state index contributed by atoms with van der Waals surface area (Å²) >= 11 is 0. The molecule has 12 nitrogen and oxygen atoms in total. The lowest BCUT2D eigenvalue weighted by Crippen LogP contribution is -2.43. The zero-order chi connectivity index (χ0) is 25.7. The van der Waals surface area contributed by atoms with Crippen LogP contribution in [0.15, 0.2) is 48.0 Å². The van der Waals surface area contributed by atoms with Gasteiger partial charge >= 0.3 is 5.69 Å². The molecule has 2 aliphatic heterocycles. The molecule has 2 fully saturated rings. The molecule has 1 N–H and O–H groups in total. The van der Waals surface area contributed by atoms with Crippen LogP contribution in [0, 0.1) is 10.1 Å². The molecule has 0 atom stereocenters. The van der Waals surface area contributed by atoms with E-state index in [2.05, 4.69) is 5.43 Å². The van der Waals surface area contributed by atoms with Crippen molar-refractivity contribution in [3.8, 4) is 11.5 Å². The third-order valence-corrected chi connectivity index (χ3v) is 5.47. The van der Waals surface area contributed by atoms with Gasteiger partial charge in [-0.1, -0.05) is 18.2 Å². The monoisotopic (exact) mass is 496 g/mol. The van der Waals surface area contributed by atoms with Gasteiger partial charge in [-0.2, -0.15) is 0 Å². The van der Waals surface area contributed by atoms with Crippen LogP contribution in [-0.4, -0.2) is 67.1 Å². The Morgan fingerprint density at radius 3 is 2.56 bits per heavy atom. The van der Waals surface area contributed by atoms with E-state index in [1.807, 2.05) is 0 Å². The first kappa shape index (κ1) is 24.7. The molecule has 0 radical (unpaired) electrons. The van der Waals surface area contributed by atoms with E-state index in [1.165, 1.54) is 12.1 Å². The van der Waals surface area contributed by atoms with Crippen LogP contribution in [0.4, 0.5) is 11.4 Å². The molecule has 3 amide bonds. The highest BCUT2D eigenvalue weighted by Crippen LogP contribution is 2.39. The first-order chi connectivity index (χ1) is 17.4. The zero-order valence-corrected chi connectivity index (χ0v) is 19.5. The van der Waals surface area contributed by atoms with E-state index in [0.717, 1.165) is 11.1 Å². The molecule has 2 aromatic rings. The quantitative estimate of drug-likeness (QED) is 0.252. The average molecular weight is 496 g/mol. The standard InChI is InChI=1S/C24H24N4O8/c1-2-35-20-14-16(12-18-23(30)25-27(24(18)31)17-6-4-3-5-7-17)13-19(28(32)33)22(20)36-15-21(29)26-8-10-34-11-9-26/h3-7,12-14H,2,8-11,15H2,1H3,(H,25,30)/b18-12-. The highest BCUT2D eigenvalue weighted by molar-refractivity contribution is 6.31. The van der Waals surface area contributed by atoms with Crippen molar-refractivity contribution in [3.63, 3.8) is 0 Å². The number of morpholine rings is 1. The Kier molecular flexibility index (Phi) is 7.44. The maximum atomic E-state index is 12.9. The molecule has 0 bridgehead atoms. The zero-order valence-electron chi connectivity index (χ0n) is 19.5. The van der Waals surface area contributed by atoms with Crippen molar-refractivity contribution in [3.05, 3.63) is 63.7 Å². The van der Waals surface area contributed by atoms with Gasteiger partial charge in [0.1, 0.15) is 5.57 Å². The van der Waals surface area contributed by atoms with E-state index < -0.39 is 29.0 Å². The number of hydrazine groups is 1. The predicted octanol–water partition coefficient (Wildman–Crippen LogP) is 1.69. The number of ether oxygens (including phenoxy) is 3. The van der Waals surface area contributed by atoms with Crippen LogP contribution >= 0.6 is 0 Å². The normalized spacial score (nSPS) is 16.8. The van der Waals surface area contributed by atoms with E-state index in [4.69, 9.17) is 14.2 Å². The predicted molar refractivity (Wildman–Crippen MR) is 127 cm³/mol. The van der Waals surface area contributed by atoms with Crippen molar-refractivity contribution in [2.24, 2.45) is 0 Å². The van der Waals surface area contributed by atoms with Gasteiger partial charge in [0, 0.05) is 19.2 Å². The number of carbonyl (C=O) groups is 3. The minimum absolute atomic E-state index is 0.0131. The third-order valence-electron chi connectivity index (χ3n) is 5.47. The largest absolute Gasteiger partial charge is 0.490 e. The van der Waals surface area contributed by atoms with Crippen molar-refractivity contribution in [1.29, 1.82) is 0 Å². The molecule has 0 saturated carbocycles. The van der Waals surface area contributed by atoms with Crippen LogP contribution in [0.5, 0.6) is 11.5 Å². The second-order valence-electron chi connectivity index (χ2n) is 7.81. The van der Waals surface area contributed by atoms with Crippen molar-refractivity contribution in [2.45, 2.75) is 6.92 Å². The van der Waals surface area contributed by atoms with Crippen LogP contribution in [0.2, 0.25) is 0 Å². The fourth-order valence-corrected chi connectivity index (χ4v) is 3.76. The lowest BCUT2D eigenvalue weighted by atomic mass is 10.1. The van der Waals surface area contributed by atoms with Crippen molar-refractivity contribution < 1.29 is 33.5 Å². The molecule has 188 valence electrons. The number of hydrogen-bond acceptors (Lipinski definition) is 8. The number of nitrogens with zero attached hydrogens (tertiary/aromatic N) is 3. The number of para-hydroxylation sites is 1. The lowest BCUT2D eigenvalue weighted by molar-refractivity contribution is -0.385. The van der Waals surface area contributed by atoms with E-state index in [0.29, 0.717) is 32.0 Å². The summed E-state index contributed by atoms with van der Waals surface area (Å²) in [6, 6.07) is 11.1. The van der Waals surface area contributed by atoms with Crippen LogP contribution in [0.25, 0.3) is 6.08 Å². The van der Waals surface area contributed by atoms with Gasteiger partial charge in [0.25, 0.3) is 17.7 Å². The summed E-state index contributed by atoms with van der Waals surface area (Å²) in [5, 5.41) is 13.0. The van der Waals surface area contributed by atoms with Crippen molar-refractivity contribution >= 4 is 35.2 Å². The van der Waals surface area contributed by atoms with Crippen LogP contribution in [-0.2, 0) is 19.1 Å². The lowest BCUT2D eigenvalue weighted by Gasteiger charge is -2.26. The van der Waals surface area contributed by atoms with Gasteiger partial charge in [-0.25, -0.2) is 5.01 Å². The second-order valence-corrected chi connectivity index (χ2v) is 7.81. The van der Waals surface area contributed by atoms with Gasteiger partial charge in [-0.3, -0.25) is 29.9 Å². The number of hydrogen-bond donors (Lipinski definition) is 1. The number of anilines is 1. The molecule has 12 heteroatoms. The topological polar surface area (TPSA) is 141 Å². The molecular formula is C24H24N4O8. The van der Waals surface area contributed by atoms with Gasteiger partial charge in [0.15, 0.2) is 12.4 Å². The van der Waals surface area contributed by atoms with E-state index in [-0.39, 0.29) is 35.1 Å². The molecule has 0 aromatic heterocycles. The summed E-state index contributed by atoms with van der Waals surface area (Å²) in [5.74, 6) is -1.79. The summed E-state index contributed by atoms with van der Waals surface area (Å²) < 4.78 is 16.3. The number of nitrogens with one attached hydrogen (secondary N) is 1. The minimum Gasteiger partial charge on any atom is -0.490 e. The molecule has 36 heavy (non-hydrogen) atoms. The van der Waals surface area contributed by atoms with Crippen molar-refractivity contribution in [1.82, 2.24) is 10.3 Å². The van der Waals surface area contributed by atoms with Crippen molar-refractivity contribution in [2.75, 3.05) is 44.5 Å². The maximum absolute atomic E-state index is 12.9. The highest BCUT2D eigenvalue weighted by atomic mass is 16.6. The van der Waals surface area contributed by atoms with Crippen LogP contribution < -0.4 is 19.9 Å². The molecule has 2 aromatic carbocycles. The average Bonchev–Trinajstić information content (AvgIpc) is 3.17. The molecule has 4 rings (SSSR count).